The van der Waals surface area contributed by atoms with Crippen molar-refractivity contribution in [1.82, 2.24) is 5.32 Å². The Balaban J connectivity index is 4.16. The molecule has 0 aromatic carbocycles. The van der Waals surface area contributed by atoms with Gasteiger partial charge in [0.15, 0.2) is 0 Å². The van der Waals surface area contributed by atoms with Crippen LogP contribution in [0.2, 0.25) is 0 Å². The average molecular weight is 331 g/mol. The minimum Gasteiger partial charge on any atom is -0.463 e. The summed E-state index contributed by atoms with van der Waals surface area (Å²) < 4.78 is 4.82. The van der Waals surface area contributed by atoms with E-state index in [2.05, 4.69) is 5.32 Å². The molecule has 126 valence electrons. The van der Waals surface area contributed by atoms with Gasteiger partial charge in [0.05, 0.1) is 6.10 Å². The lowest BCUT2D eigenvalue weighted by Crippen LogP contribution is -2.34. The number of ether oxygens (including phenoxy) is 1. The van der Waals surface area contributed by atoms with Crippen LogP contribution in [0.1, 0.15) is 47.5 Å². The number of carbonyl (C=O) groups is 4. The molecule has 0 aliphatic heterocycles. The zero-order chi connectivity index (χ0) is 17.3. The molecule has 6 nitrogen and oxygen atoms in total. The maximum absolute atomic E-state index is 11.7. The summed E-state index contributed by atoms with van der Waals surface area (Å²) in [6.45, 7) is 9.10. The third-order valence-corrected chi connectivity index (χ3v) is 3.84. The quantitative estimate of drug-likeness (QED) is 0.393. The lowest BCUT2D eigenvalue weighted by atomic mass is 10.1. The molecule has 0 aliphatic carbocycles. The van der Waals surface area contributed by atoms with Gasteiger partial charge >= 0.3 is 5.97 Å². The highest BCUT2D eigenvalue weighted by molar-refractivity contribution is 8.15. The number of ketones is 1. The highest BCUT2D eigenvalue weighted by Crippen LogP contribution is 2.13. The summed E-state index contributed by atoms with van der Waals surface area (Å²) >= 11 is 0.819. The van der Waals surface area contributed by atoms with Crippen molar-refractivity contribution >= 4 is 34.5 Å². The first-order valence-corrected chi connectivity index (χ1v) is 8.26. The van der Waals surface area contributed by atoms with Crippen molar-refractivity contribution in [2.24, 2.45) is 5.92 Å². The molecule has 2 atom stereocenters. The van der Waals surface area contributed by atoms with Crippen molar-refractivity contribution in [3.8, 4) is 0 Å². The number of carbonyl (C=O) groups excluding carboxylic acids is 4. The molecular formula is C15H25NO5S. The largest absolute Gasteiger partial charge is 0.463 e. The first kappa shape index (κ1) is 20.6. The molecular weight excluding hydrogens is 306 g/mol. The molecule has 0 fully saturated rings. The monoisotopic (exact) mass is 331 g/mol. The van der Waals surface area contributed by atoms with E-state index in [0.717, 1.165) is 18.2 Å². The standard InChI is InChI=1S/C15H25NO5S/c1-6-10(4)14(19)16-8-11(5)22-15(20)12(17)7-13(18)21-9(2)3/h9-11H,6-8H2,1-5H3,(H,16,19). The fourth-order valence-corrected chi connectivity index (χ4v) is 2.14. The smallest absolute Gasteiger partial charge is 0.314 e. The van der Waals surface area contributed by atoms with Gasteiger partial charge in [0.2, 0.25) is 11.7 Å². The minimum absolute atomic E-state index is 0.0748. The Morgan fingerprint density at radius 2 is 1.68 bits per heavy atom. The molecule has 0 radical (unpaired) electrons. The Labute approximate surface area is 135 Å². The van der Waals surface area contributed by atoms with E-state index in [4.69, 9.17) is 4.74 Å². The molecule has 2 unspecified atom stereocenters. The van der Waals surface area contributed by atoms with Crippen LogP contribution in [-0.2, 0) is 23.9 Å². The summed E-state index contributed by atoms with van der Waals surface area (Å²) in [7, 11) is 0. The van der Waals surface area contributed by atoms with Crippen LogP contribution in [0.15, 0.2) is 0 Å². The van der Waals surface area contributed by atoms with E-state index in [1.54, 1.807) is 20.8 Å². The van der Waals surface area contributed by atoms with Gasteiger partial charge < -0.3 is 10.1 Å². The van der Waals surface area contributed by atoms with Crippen LogP contribution in [0.3, 0.4) is 0 Å². The van der Waals surface area contributed by atoms with E-state index in [-0.39, 0.29) is 23.2 Å². The van der Waals surface area contributed by atoms with E-state index < -0.39 is 23.3 Å². The fourth-order valence-electron chi connectivity index (χ4n) is 1.40. The van der Waals surface area contributed by atoms with Crippen molar-refractivity contribution in [3.05, 3.63) is 0 Å². The Hall–Kier alpha value is -1.37. The summed E-state index contributed by atoms with van der Waals surface area (Å²) in [5, 5.41) is 1.80. The van der Waals surface area contributed by atoms with Crippen molar-refractivity contribution in [3.63, 3.8) is 0 Å². The topological polar surface area (TPSA) is 89.5 Å². The van der Waals surface area contributed by atoms with E-state index in [0.29, 0.717) is 6.54 Å². The second-order valence-electron chi connectivity index (χ2n) is 5.41. The molecule has 7 heteroatoms. The first-order valence-electron chi connectivity index (χ1n) is 7.38. The Morgan fingerprint density at radius 3 is 2.18 bits per heavy atom. The summed E-state index contributed by atoms with van der Waals surface area (Å²) in [4.78, 5) is 46.2. The maximum Gasteiger partial charge on any atom is 0.314 e. The lowest BCUT2D eigenvalue weighted by Gasteiger charge is -2.14. The van der Waals surface area contributed by atoms with Gasteiger partial charge in [0.1, 0.15) is 6.42 Å². The van der Waals surface area contributed by atoms with Crippen molar-refractivity contribution < 1.29 is 23.9 Å². The van der Waals surface area contributed by atoms with Crippen LogP contribution in [0.5, 0.6) is 0 Å². The SMILES string of the molecule is CCC(C)C(=O)NCC(C)SC(=O)C(=O)CC(=O)OC(C)C. The highest BCUT2D eigenvalue weighted by Gasteiger charge is 2.22. The van der Waals surface area contributed by atoms with Crippen LogP contribution >= 0.6 is 11.8 Å². The van der Waals surface area contributed by atoms with Gasteiger partial charge in [0, 0.05) is 17.7 Å². The molecule has 0 bridgehead atoms. The number of esters is 1. The van der Waals surface area contributed by atoms with Crippen LogP contribution < -0.4 is 5.32 Å². The van der Waals surface area contributed by atoms with E-state index >= 15 is 0 Å². The van der Waals surface area contributed by atoms with Gasteiger partial charge in [-0.2, -0.15) is 0 Å². The van der Waals surface area contributed by atoms with E-state index in [9.17, 15) is 19.2 Å². The van der Waals surface area contributed by atoms with Gasteiger partial charge in [-0.15, -0.1) is 0 Å². The highest BCUT2D eigenvalue weighted by atomic mass is 32.2. The van der Waals surface area contributed by atoms with Crippen LogP contribution in [0.25, 0.3) is 0 Å². The lowest BCUT2D eigenvalue weighted by molar-refractivity contribution is -0.150. The molecule has 0 aromatic rings. The molecule has 0 heterocycles. The number of rotatable bonds is 9. The second kappa shape index (κ2) is 10.4. The van der Waals surface area contributed by atoms with Crippen molar-refractivity contribution in [2.45, 2.75) is 58.8 Å². The molecule has 0 saturated carbocycles. The molecule has 0 saturated heterocycles. The Bertz CT molecular complexity index is 422. The van der Waals surface area contributed by atoms with Gasteiger partial charge in [-0.1, -0.05) is 32.5 Å². The second-order valence-corrected chi connectivity index (χ2v) is 6.82. The minimum atomic E-state index is -0.782. The van der Waals surface area contributed by atoms with Crippen LogP contribution in [-0.4, -0.2) is 40.7 Å². The van der Waals surface area contributed by atoms with E-state index in [1.165, 1.54) is 0 Å². The number of thioether (sulfide) groups is 1. The summed E-state index contributed by atoms with van der Waals surface area (Å²) in [5.74, 6) is -1.64. The first-order chi connectivity index (χ1) is 10.2. The number of hydrogen-bond donors (Lipinski definition) is 1. The third kappa shape index (κ3) is 8.81. The van der Waals surface area contributed by atoms with E-state index in [1.807, 2.05) is 13.8 Å². The number of Topliss-reactive ketones (excluding diaryl/α,β-unsaturated/α-hetero) is 1. The number of hydrogen-bond acceptors (Lipinski definition) is 6. The fraction of sp³-hybridized carbons (Fsp3) is 0.733. The van der Waals surface area contributed by atoms with Crippen molar-refractivity contribution in [1.29, 1.82) is 0 Å². The molecule has 0 aromatic heterocycles. The zero-order valence-electron chi connectivity index (χ0n) is 13.8. The van der Waals surface area contributed by atoms with Gasteiger partial charge in [-0.3, -0.25) is 19.2 Å². The molecule has 0 aliphatic rings. The Kier molecular flexibility index (Phi) is 9.73. The van der Waals surface area contributed by atoms with Crippen LogP contribution in [0.4, 0.5) is 0 Å². The molecule has 1 N–H and O–H groups in total. The summed E-state index contributed by atoms with van der Waals surface area (Å²) in [5.41, 5.74) is 0. The zero-order valence-corrected chi connectivity index (χ0v) is 14.6. The summed E-state index contributed by atoms with van der Waals surface area (Å²) in [6, 6.07) is 0. The average Bonchev–Trinajstić information content (AvgIpc) is 2.42. The molecule has 1 amide bonds. The predicted octanol–water partition coefficient (Wildman–Crippen LogP) is 1.71. The molecule has 22 heavy (non-hydrogen) atoms. The Morgan fingerprint density at radius 1 is 1.09 bits per heavy atom. The third-order valence-electron chi connectivity index (χ3n) is 2.83. The van der Waals surface area contributed by atoms with Crippen molar-refractivity contribution in [2.75, 3.05) is 6.54 Å². The van der Waals surface area contributed by atoms with Gasteiger partial charge in [-0.25, -0.2) is 0 Å². The maximum atomic E-state index is 11.7. The number of amides is 1. The summed E-state index contributed by atoms with van der Waals surface area (Å²) in [6.07, 6.45) is -0.128. The normalized spacial score (nSPS) is 13.4. The van der Waals surface area contributed by atoms with Gasteiger partial charge in [-0.05, 0) is 20.3 Å². The number of nitrogens with one attached hydrogen (secondary N) is 1. The van der Waals surface area contributed by atoms with Crippen LogP contribution in [0, 0.1) is 5.92 Å². The predicted molar refractivity (Wildman–Crippen MR) is 85.4 cm³/mol. The molecule has 0 rings (SSSR count). The van der Waals surface area contributed by atoms with Gasteiger partial charge in [0.25, 0.3) is 5.12 Å². The molecule has 0 spiro atoms.